The van der Waals surface area contributed by atoms with E-state index in [9.17, 15) is 0 Å². The fourth-order valence-electron chi connectivity index (χ4n) is 12.9. The summed E-state index contributed by atoms with van der Waals surface area (Å²) in [5.74, 6) is 1.75. The van der Waals surface area contributed by atoms with E-state index < -0.39 is 0 Å². The summed E-state index contributed by atoms with van der Waals surface area (Å²) in [4.78, 5) is 18.4. The minimum Gasteiger partial charge on any atom is -0.456 e. The molecule has 2 aromatic heterocycles. The number of anilines is 3. The Morgan fingerprint density at radius 1 is 0.312 bits per heavy atom. The number of rotatable bonds is 9. The van der Waals surface area contributed by atoms with E-state index in [1.165, 1.54) is 55.9 Å². The van der Waals surface area contributed by atoms with Gasteiger partial charge in [-0.2, -0.15) is 0 Å². The summed E-state index contributed by atoms with van der Waals surface area (Å²) in [6.07, 6.45) is 0. The highest BCUT2D eigenvalue weighted by Gasteiger charge is 2.41. The van der Waals surface area contributed by atoms with Gasteiger partial charge in [-0.3, -0.25) is 0 Å². The third-order valence-corrected chi connectivity index (χ3v) is 16.9. The van der Waals surface area contributed by atoms with Crippen LogP contribution in [0.4, 0.5) is 17.1 Å². The molecule has 0 spiro atoms. The molecule has 0 radical (unpaired) electrons. The number of furan rings is 1. The van der Waals surface area contributed by atoms with Crippen molar-refractivity contribution in [3.63, 3.8) is 0 Å². The van der Waals surface area contributed by atoms with Gasteiger partial charge >= 0.3 is 0 Å². The Morgan fingerprint density at radius 2 is 0.750 bits per heavy atom. The first kappa shape index (κ1) is 47.3. The van der Waals surface area contributed by atoms with Gasteiger partial charge in [-0.05, 0) is 127 Å². The van der Waals surface area contributed by atoms with E-state index in [1.807, 2.05) is 30.3 Å². The van der Waals surface area contributed by atoms with Crippen LogP contribution in [0.5, 0.6) is 0 Å². The number of aromatic nitrogens is 3. The Labute approximate surface area is 466 Å². The molecule has 0 aliphatic heterocycles. The van der Waals surface area contributed by atoms with Crippen LogP contribution in [0.2, 0.25) is 0 Å². The van der Waals surface area contributed by atoms with Crippen LogP contribution in [0.3, 0.4) is 0 Å². The van der Waals surface area contributed by atoms with Gasteiger partial charge < -0.3 is 9.32 Å². The lowest BCUT2D eigenvalue weighted by molar-refractivity contribution is 0.660. The highest BCUT2D eigenvalue weighted by Crippen LogP contribution is 2.58. The van der Waals surface area contributed by atoms with Crippen LogP contribution in [0.15, 0.2) is 259 Å². The molecule has 5 heteroatoms. The molecule has 0 N–H and O–H groups in total. The molecule has 80 heavy (non-hydrogen) atoms. The zero-order chi connectivity index (χ0) is 53.7. The van der Waals surface area contributed by atoms with Crippen LogP contribution in [-0.2, 0) is 10.8 Å². The van der Waals surface area contributed by atoms with E-state index in [0.717, 1.165) is 77.7 Å². The molecule has 0 amide bonds. The largest absolute Gasteiger partial charge is 0.456 e. The Balaban J connectivity index is 0.875. The average Bonchev–Trinajstić information content (AvgIpc) is 4.09. The maximum atomic E-state index is 6.69. The van der Waals surface area contributed by atoms with E-state index in [1.54, 1.807) is 0 Å². The second kappa shape index (κ2) is 18.3. The first-order chi connectivity index (χ1) is 39.2. The van der Waals surface area contributed by atoms with Crippen molar-refractivity contribution in [2.75, 3.05) is 4.90 Å². The van der Waals surface area contributed by atoms with Crippen molar-refractivity contribution < 1.29 is 4.42 Å². The van der Waals surface area contributed by atoms with Gasteiger partial charge in [0.1, 0.15) is 11.2 Å². The summed E-state index contributed by atoms with van der Waals surface area (Å²) >= 11 is 0. The molecule has 15 rings (SSSR count). The van der Waals surface area contributed by atoms with Crippen molar-refractivity contribution in [3.8, 4) is 89.8 Å². The van der Waals surface area contributed by atoms with Crippen LogP contribution in [0.1, 0.15) is 49.9 Å². The zero-order valence-electron chi connectivity index (χ0n) is 44.9. The van der Waals surface area contributed by atoms with Crippen molar-refractivity contribution >= 4 is 39.0 Å². The quantitative estimate of drug-likeness (QED) is 0.144. The Morgan fingerprint density at radius 3 is 1.32 bits per heavy atom. The number of fused-ring (bicyclic) bond motifs is 9. The van der Waals surface area contributed by atoms with E-state index in [2.05, 4.69) is 257 Å². The van der Waals surface area contributed by atoms with Crippen molar-refractivity contribution in [2.24, 2.45) is 0 Å². The summed E-state index contributed by atoms with van der Waals surface area (Å²) in [7, 11) is 0. The molecule has 0 bridgehead atoms. The van der Waals surface area contributed by atoms with Gasteiger partial charge in [-0.1, -0.05) is 222 Å². The third kappa shape index (κ3) is 7.56. The Bertz CT molecular complexity index is 4410. The summed E-state index contributed by atoms with van der Waals surface area (Å²) in [6, 6.07) is 91.3. The second-order valence-electron chi connectivity index (χ2n) is 22.3. The molecular weight excluding hydrogens is 973 g/mol. The fraction of sp³-hybridized carbons (Fsp3) is 0.0800. The van der Waals surface area contributed by atoms with Gasteiger partial charge in [0, 0.05) is 55.1 Å². The van der Waals surface area contributed by atoms with Crippen molar-refractivity contribution in [2.45, 2.75) is 38.5 Å². The Hall–Kier alpha value is -9.97. The molecule has 0 atom stereocenters. The molecule has 0 fully saturated rings. The highest BCUT2D eigenvalue weighted by atomic mass is 16.3. The molecule has 5 nitrogen and oxygen atoms in total. The standard InChI is InChI=1S/C75H54N4O/c1-74(2)60-30-16-14-27-56(60)69-62(74)32-19-34-64(69)79(65-35-20-33-63-70(65)57-28-15-17-31-61(57)75(63,3)4)55-40-37-49(38-41-55)51-39-42-66-59(46-51)68-58(29-18-36-67(68)80-66)73-77-71(50-25-12-7-13-26-50)76-72(78-73)54-44-52(47-21-8-5-9-22-47)43-53(45-54)48-23-10-6-11-24-48/h5-46H,1-4H3. The van der Waals surface area contributed by atoms with E-state index in [-0.39, 0.29) is 10.8 Å². The average molecular weight is 1030 g/mol. The van der Waals surface area contributed by atoms with Crippen molar-refractivity contribution in [3.05, 3.63) is 277 Å². The first-order valence-corrected chi connectivity index (χ1v) is 27.6. The lowest BCUT2D eigenvalue weighted by atomic mass is 9.82. The van der Waals surface area contributed by atoms with E-state index in [4.69, 9.17) is 19.4 Å². The predicted octanol–water partition coefficient (Wildman–Crippen LogP) is 19.9. The van der Waals surface area contributed by atoms with Crippen LogP contribution in [0.25, 0.3) is 112 Å². The summed E-state index contributed by atoms with van der Waals surface area (Å²) in [6.45, 7) is 9.44. The third-order valence-electron chi connectivity index (χ3n) is 16.9. The molecule has 2 heterocycles. The molecular formula is C75H54N4O. The van der Waals surface area contributed by atoms with Crippen LogP contribution in [-0.4, -0.2) is 15.0 Å². The summed E-state index contributed by atoms with van der Waals surface area (Å²) in [5.41, 5.74) is 24.4. The molecule has 11 aromatic carbocycles. The smallest absolute Gasteiger partial charge is 0.164 e. The van der Waals surface area contributed by atoms with Gasteiger partial charge in [-0.25, -0.2) is 15.0 Å². The molecule has 2 aliphatic carbocycles. The number of nitrogens with zero attached hydrogens (tertiary/aromatic N) is 4. The molecule has 0 saturated carbocycles. The van der Waals surface area contributed by atoms with Crippen LogP contribution >= 0.6 is 0 Å². The molecule has 13 aromatic rings. The van der Waals surface area contributed by atoms with Crippen molar-refractivity contribution in [1.82, 2.24) is 15.0 Å². The van der Waals surface area contributed by atoms with Gasteiger partial charge in [0.25, 0.3) is 0 Å². The molecule has 0 unspecified atom stereocenters. The maximum Gasteiger partial charge on any atom is 0.164 e. The first-order valence-electron chi connectivity index (χ1n) is 27.6. The van der Waals surface area contributed by atoms with E-state index in [0.29, 0.717) is 17.5 Å². The van der Waals surface area contributed by atoms with Gasteiger partial charge in [-0.15, -0.1) is 0 Å². The zero-order valence-corrected chi connectivity index (χ0v) is 44.9. The summed E-state index contributed by atoms with van der Waals surface area (Å²) in [5, 5.41) is 1.94. The fourth-order valence-corrected chi connectivity index (χ4v) is 12.9. The number of hydrogen-bond acceptors (Lipinski definition) is 5. The lowest BCUT2D eigenvalue weighted by Crippen LogP contribution is -2.17. The number of hydrogen-bond donors (Lipinski definition) is 0. The van der Waals surface area contributed by atoms with Gasteiger partial charge in [0.2, 0.25) is 0 Å². The van der Waals surface area contributed by atoms with Gasteiger partial charge in [0.15, 0.2) is 17.5 Å². The number of benzene rings is 11. The van der Waals surface area contributed by atoms with Crippen LogP contribution in [0, 0.1) is 0 Å². The topological polar surface area (TPSA) is 55.1 Å². The van der Waals surface area contributed by atoms with E-state index >= 15 is 0 Å². The Kier molecular flexibility index (Phi) is 10.8. The monoisotopic (exact) mass is 1030 g/mol. The predicted molar refractivity (Wildman–Crippen MR) is 330 cm³/mol. The maximum absolute atomic E-state index is 6.69. The molecule has 380 valence electrons. The normalized spacial score (nSPS) is 13.4. The van der Waals surface area contributed by atoms with Crippen LogP contribution < -0.4 is 4.90 Å². The minimum absolute atomic E-state index is 0.155. The lowest BCUT2D eigenvalue weighted by Gasteiger charge is -2.31. The SMILES string of the molecule is CC1(C)c2ccccc2-c2c(N(c3ccc(-c4ccc5oc6cccc(-c7nc(-c8ccccc8)nc(-c8cc(-c9ccccc9)cc(-c9ccccc9)c8)n7)c6c5c4)cc3)c3cccc4c3-c3ccccc3C4(C)C)cccc21. The summed E-state index contributed by atoms with van der Waals surface area (Å²) < 4.78 is 6.69. The molecule has 0 saturated heterocycles. The van der Waals surface area contributed by atoms with Crippen molar-refractivity contribution in [1.29, 1.82) is 0 Å². The minimum atomic E-state index is -0.155. The highest BCUT2D eigenvalue weighted by molar-refractivity contribution is 6.13. The second-order valence-corrected chi connectivity index (χ2v) is 22.3. The van der Waals surface area contributed by atoms with Gasteiger partial charge in [0.05, 0.1) is 11.4 Å². The molecule has 2 aliphatic rings.